The molecular formula is C23H18N4O. The van der Waals surface area contributed by atoms with Gasteiger partial charge in [0.1, 0.15) is 5.75 Å². The van der Waals surface area contributed by atoms with Crippen molar-refractivity contribution in [3.63, 3.8) is 0 Å². The van der Waals surface area contributed by atoms with Crippen LogP contribution in [0.3, 0.4) is 0 Å². The van der Waals surface area contributed by atoms with Crippen LogP contribution in [0.4, 0.5) is 0 Å². The summed E-state index contributed by atoms with van der Waals surface area (Å²) in [5.74, 6) is 2.32. The molecule has 3 aromatic carbocycles. The summed E-state index contributed by atoms with van der Waals surface area (Å²) in [6.07, 6.45) is 0.722. The molecule has 0 saturated carbocycles. The minimum absolute atomic E-state index is 0.722. The second-order valence-electron chi connectivity index (χ2n) is 6.63. The highest BCUT2D eigenvalue weighted by atomic mass is 16.5. The summed E-state index contributed by atoms with van der Waals surface area (Å²) in [5.41, 5.74) is 5.24. The predicted octanol–water partition coefficient (Wildman–Crippen LogP) is 4.43. The van der Waals surface area contributed by atoms with Crippen molar-refractivity contribution in [2.45, 2.75) is 6.42 Å². The second-order valence-corrected chi connectivity index (χ2v) is 6.63. The van der Waals surface area contributed by atoms with Crippen LogP contribution < -0.4 is 4.74 Å². The molecule has 0 radical (unpaired) electrons. The van der Waals surface area contributed by atoms with Crippen molar-refractivity contribution < 1.29 is 4.74 Å². The van der Waals surface area contributed by atoms with Crippen molar-refractivity contribution in [1.29, 1.82) is 0 Å². The molecule has 1 aromatic heterocycles. The van der Waals surface area contributed by atoms with Gasteiger partial charge in [0.15, 0.2) is 11.6 Å². The molecule has 5 rings (SSSR count). The van der Waals surface area contributed by atoms with Crippen LogP contribution in [-0.2, 0) is 6.42 Å². The quantitative estimate of drug-likeness (QED) is 0.539. The molecule has 0 unspecified atom stereocenters. The van der Waals surface area contributed by atoms with Crippen LogP contribution in [0.25, 0.3) is 22.8 Å². The van der Waals surface area contributed by atoms with Gasteiger partial charge in [-0.25, -0.2) is 0 Å². The Morgan fingerprint density at radius 1 is 0.750 bits per heavy atom. The predicted molar refractivity (Wildman–Crippen MR) is 110 cm³/mol. The lowest BCUT2D eigenvalue weighted by molar-refractivity contribution is 0.415. The number of ether oxygens (including phenoxy) is 1. The number of hydrogen-bond donors (Lipinski definition) is 0. The zero-order valence-electron chi connectivity index (χ0n) is 15.4. The van der Waals surface area contributed by atoms with Crippen LogP contribution in [0, 0.1) is 0 Å². The Bertz CT molecular complexity index is 1160. The first-order chi connectivity index (χ1) is 13.8. The second kappa shape index (κ2) is 6.78. The fraction of sp³-hybridized carbons (Fsp3) is 0.0870. The maximum Gasteiger partial charge on any atom is 0.185 e. The van der Waals surface area contributed by atoms with Crippen LogP contribution in [-0.4, -0.2) is 27.7 Å². The molecule has 0 atom stereocenters. The Kier molecular flexibility index (Phi) is 3.98. The number of rotatable bonds is 3. The zero-order valence-corrected chi connectivity index (χ0v) is 15.4. The molecule has 0 fully saturated rings. The average molecular weight is 366 g/mol. The van der Waals surface area contributed by atoms with E-state index >= 15 is 0 Å². The smallest absolute Gasteiger partial charge is 0.185 e. The molecule has 0 N–H and O–H groups in total. The monoisotopic (exact) mass is 366 g/mol. The number of aromatic nitrogens is 3. The standard InChI is InChI=1S/C23H18N4O/c1-28-19-13-11-16(12-14-19)21-15-18-9-5-6-10-20(18)23-25-24-22(27(23)26-21)17-7-3-2-4-8-17/h2-14H,15H2,1H3. The molecular weight excluding hydrogens is 348 g/mol. The third kappa shape index (κ3) is 2.77. The van der Waals surface area contributed by atoms with Crippen molar-refractivity contribution in [2.24, 2.45) is 5.10 Å². The van der Waals surface area contributed by atoms with E-state index in [4.69, 9.17) is 9.84 Å². The zero-order chi connectivity index (χ0) is 18.9. The van der Waals surface area contributed by atoms with Crippen molar-refractivity contribution in [1.82, 2.24) is 14.9 Å². The fourth-order valence-electron chi connectivity index (χ4n) is 3.48. The van der Waals surface area contributed by atoms with Crippen molar-refractivity contribution in [3.8, 4) is 28.5 Å². The van der Waals surface area contributed by atoms with Gasteiger partial charge in [0.05, 0.1) is 12.8 Å². The highest BCUT2D eigenvalue weighted by Gasteiger charge is 2.22. The third-order valence-electron chi connectivity index (χ3n) is 4.93. The van der Waals surface area contributed by atoms with Crippen LogP contribution in [0.5, 0.6) is 5.75 Å². The first-order valence-electron chi connectivity index (χ1n) is 9.15. The minimum atomic E-state index is 0.722. The first kappa shape index (κ1) is 16.4. The minimum Gasteiger partial charge on any atom is -0.497 e. The third-order valence-corrected chi connectivity index (χ3v) is 4.93. The molecule has 0 bridgehead atoms. The molecule has 4 aromatic rings. The normalized spacial score (nSPS) is 12.5. The molecule has 136 valence electrons. The average Bonchev–Trinajstić information content (AvgIpc) is 3.10. The van der Waals surface area contributed by atoms with E-state index in [0.717, 1.165) is 46.2 Å². The summed E-state index contributed by atoms with van der Waals surface area (Å²) in [6, 6.07) is 26.3. The SMILES string of the molecule is COc1ccc(C2=Nn3c(-c4ccccc4)nnc3-c3ccccc3C2)cc1. The van der Waals surface area contributed by atoms with E-state index in [-0.39, 0.29) is 0 Å². The van der Waals surface area contributed by atoms with E-state index in [0.29, 0.717) is 0 Å². The molecule has 0 spiro atoms. The first-order valence-corrected chi connectivity index (χ1v) is 9.15. The van der Waals surface area contributed by atoms with Gasteiger partial charge in [-0.15, -0.1) is 10.2 Å². The van der Waals surface area contributed by atoms with E-state index in [2.05, 4.69) is 28.4 Å². The van der Waals surface area contributed by atoms with E-state index in [1.54, 1.807) is 7.11 Å². The van der Waals surface area contributed by atoms with Crippen LogP contribution in [0.2, 0.25) is 0 Å². The largest absolute Gasteiger partial charge is 0.497 e. The Morgan fingerprint density at radius 3 is 2.25 bits per heavy atom. The lowest BCUT2D eigenvalue weighted by Gasteiger charge is -2.08. The van der Waals surface area contributed by atoms with Gasteiger partial charge < -0.3 is 4.74 Å². The van der Waals surface area contributed by atoms with Crippen molar-refractivity contribution in [3.05, 3.63) is 90.0 Å². The molecule has 2 heterocycles. The summed E-state index contributed by atoms with van der Waals surface area (Å²) in [7, 11) is 1.67. The van der Waals surface area contributed by atoms with Gasteiger partial charge in [-0.1, -0.05) is 54.6 Å². The van der Waals surface area contributed by atoms with Gasteiger partial charge in [-0.05, 0) is 35.4 Å². The van der Waals surface area contributed by atoms with E-state index in [1.807, 2.05) is 65.3 Å². The number of hydrogen-bond acceptors (Lipinski definition) is 4. The molecule has 1 aliphatic rings. The molecule has 0 saturated heterocycles. The Balaban J connectivity index is 1.72. The Morgan fingerprint density at radius 2 is 1.46 bits per heavy atom. The fourth-order valence-corrected chi connectivity index (χ4v) is 3.48. The highest BCUT2D eigenvalue weighted by molar-refractivity contribution is 6.03. The highest BCUT2D eigenvalue weighted by Crippen LogP contribution is 2.30. The Hall–Kier alpha value is -3.73. The van der Waals surface area contributed by atoms with E-state index in [1.165, 1.54) is 5.56 Å². The summed E-state index contributed by atoms with van der Waals surface area (Å²) in [4.78, 5) is 0. The van der Waals surface area contributed by atoms with Gasteiger partial charge in [0.2, 0.25) is 0 Å². The summed E-state index contributed by atoms with van der Waals surface area (Å²) >= 11 is 0. The van der Waals surface area contributed by atoms with Gasteiger partial charge >= 0.3 is 0 Å². The van der Waals surface area contributed by atoms with Crippen molar-refractivity contribution in [2.75, 3.05) is 7.11 Å². The maximum absolute atomic E-state index is 5.29. The summed E-state index contributed by atoms with van der Waals surface area (Å²) in [5, 5.41) is 13.9. The van der Waals surface area contributed by atoms with E-state index in [9.17, 15) is 0 Å². The number of benzene rings is 3. The molecule has 5 heteroatoms. The van der Waals surface area contributed by atoms with Gasteiger partial charge in [-0.3, -0.25) is 0 Å². The van der Waals surface area contributed by atoms with Gasteiger partial charge in [0, 0.05) is 17.5 Å². The number of fused-ring (bicyclic) bond motifs is 3. The lowest BCUT2D eigenvalue weighted by atomic mass is 9.98. The molecule has 28 heavy (non-hydrogen) atoms. The van der Waals surface area contributed by atoms with E-state index < -0.39 is 0 Å². The Labute approximate surface area is 162 Å². The molecule has 5 nitrogen and oxygen atoms in total. The van der Waals surface area contributed by atoms with Crippen LogP contribution in [0.15, 0.2) is 84.0 Å². The van der Waals surface area contributed by atoms with Crippen molar-refractivity contribution >= 4 is 5.71 Å². The topological polar surface area (TPSA) is 52.3 Å². The lowest BCUT2D eigenvalue weighted by Crippen LogP contribution is -2.07. The van der Waals surface area contributed by atoms with Gasteiger partial charge in [-0.2, -0.15) is 9.78 Å². The van der Waals surface area contributed by atoms with Crippen LogP contribution in [0.1, 0.15) is 11.1 Å². The van der Waals surface area contributed by atoms with Gasteiger partial charge in [0.25, 0.3) is 0 Å². The number of nitrogens with zero attached hydrogens (tertiary/aromatic N) is 4. The summed E-state index contributed by atoms with van der Waals surface area (Å²) < 4.78 is 7.16. The number of methoxy groups -OCH3 is 1. The summed E-state index contributed by atoms with van der Waals surface area (Å²) in [6.45, 7) is 0. The molecule has 1 aliphatic heterocycles. The maximum atomic E-state index is 5.29. The van der Waals surface area contributed by atoms with Crippen LogP contribution >= 0.6 is 0 Å². The molecule has 0 amide bonds. The molecule has 0 aliphatic carbocycles.